The SMILES string of the molecule is Nc1nc2ccc(-c3[nH]c(=O)[nH]c3O)cc2s1. The molecule has 1 aromatic carbocycles. The van der Waals surface area contributed by atoms with E-state index in [1.165, 1.54) is 11.3 Å². The smallest absolute Gasteiger partial charge is 0.326 e. The molecule has 0 atom stereocenters. The lowest BCUT2D eigenvalue weighted by atomic mass is 10.1. The first-order valence-electron chi connectivity index (χ1n) is 4.81. The minimum atomic E-state index is -0.443. The van der Waals surface area contributed by atoms with Crippen LogP contribution in [0.25, 0.3) is 21.5 Å². The van der Waals surface area contributed by atoms with Gasteiger partial charge in [0.2, 0.25) is 5.88 Å². The third-order valence-electron chi connectivity index (χ3n) is 2.40. The molecule has 0 saturated heterocycles. The molecule has 5 N–H and O–H groups in total. The Balaban J connectivity index is 2.23. The predicted molar refractivity (Wildman–Crippen MR) is 66.1 cm³/mol. The van der Waals surface area contributed by atoms with Crippen molar-refractivity contribution in [3.8, 4) is 17.1 Å². The van der Waals surface area contributed by atoms with E-state index in [0.717, 1.165) is 10.2 Å². The van der Waals surface area contributed by atoms with Crippen LogP contribution in [0.1, 0.15) is 0 Å². The number of rotatable bonds is 1. The molecule has 0 unspecified atom stereocenters. The molecule has 17 heavy (non-hydrogen) atoms. The van der Waals surface area contributed by atoms with E-state index >= 15 is 0 Å². The first-order valence-corrected chi connectivity index (χ1v) is 5.63. The maximum Gasteiger partial charge on any atom is 0.326 e. The molecule has 3 aromatic rings. The van der Waals surface area contributed by atoms with Gasteiger partial charge in [-0.15, -0.1) is 0 Å². The number of aromatic nitrogens is 3. The molecule has 7 heteroatoms. The Morgan fingerprint density at radius 3 is 2.88 bits per heavy atom. The van der Waals surface area contributed by atoms with E-state index in [-0.39, 0.29) is 5.88 Å². The maximum absolute atomic E-state index is 11.1. The Hall–Kier alpha value is -2.28. The molecule has 0 spiro atoms. The van der Waals surface area contributed by atoms with E-state index in [9.17, 15) is 9.90 Å². The van der Waals surface area contributed by atoms with Crippen LogP contribution in [-0.4, -0.2) is 20.1 Å². The third-order valence-corrected chi connectivity index (χ3v) is 3.25. The van der Waals surface area contributed by atoms with Crippen LogP contribution < -0.4 is 11.4 Å². The fourth-order valence-electron chi connectivity index (χ4n) is 1.68. The van der Waals surface area contributed by atoms with Gasteiger partial charge in [-0.05, 0) is 12.1 Å². The first-order chi connectivity index (χ1) is 8.13. The summed E-state index contributed by atoms with van der Waals surface area (Å²) in [6.45, 7) is 0. The van der Waals surface area contributed by atoms with Gasteiger partial charge in [-0.3, -0.25) is 4.98 Å². The quantitative estimate of drug-likeness (QED) is 0.520. The topological polar surface area (TPSA) is 108 Å². The van der Waals surface area contributed by atoms with Crippen molar-refractivity contribution in [3.05, 3.63) is 28.7 Å². The standard InChI is InChI=1S/C10H8N4O2S/c11-9-12-5-2-1-4(3-6(5)17-9)7-8(15)14-10(16)13-7/h1-3,15H,(H2,11,12)(H2,13,14,16). The molecule has 0 aliphatic rings. The zero-order valence-corrected chi connectivity index (χ0v) is 9.34. The summed E-state index contributed by atoms with van der Waals surface area (Å²) in [5.74, 6) is -0.174. The summed E-state index contributed by atoms with van der Waals surface area (Å²) in [6, 6.07) is 5.38. The van der Waals surface area contributed by atoms with Gasteiger partial charge >= 0.3 is 5.69 Å². The number of thiazole rings is 1. The predicted octanol–water partition coefficient (Wildman–Crippen LogP) is 1.27. The second-order valence-corrected chi connectivity index (χ2v) is 4.60. The van der Waals surface area contributed by atoms with Crippen molar-refractivity contribution in [1.29, 1.82) is 0 Å². The number of nitrogens with one attached hydrogen (secondary N) is 2. The summed E-state index contributed by atoms with van der Waals surface area (Å²) in [7, 11) is 0. The Morgan fingerprint density at radius 2 is 2.18 bits per heavy atom. The lowest BCUT2D eigenvalue weighted by Crippen LogP contribution is -1.99. The number of hydrogen-bond donors (Lipinski definition) is 4. The van der Waals surface area contributed by atoms with Crippen molar-refractivity contribution in [2.24, 2.45) is 0 Å². The van der Waals surface area contributed by atoms with Gasteiger partial charge in [-0.1, -0.05) is 17.4 Å². The van der Waals surface area contributed by atoms with Crippen LogP contribution in [0.3, 0.4) is 0 Å². The highest BCUT2D eigenvalue weighted by atomic mass is 32.1. The number of hydrogen-bond acceptors (Lipinski definition) is 5. The summed E-state index contributed by atoms with van der Waals surface area (Å²) in [6.07, 6.45) is 0. The molecular formula is C10H8N4O2S. The van der Waals surface area contributed by atoms with E-state index in [2.05, 4.69) is 15.0 Å². The molecule has 0 radical (unpaired) electrons. The average Bonchev–Trinajstić information content (AvgIpc) is 2.78. The second-order valence-electron chi connectivity index (χ2n) is 3.54. The lowest BCUT2D eigenvalue weighted by molar-refractivity contribution is 0.457. The molecule has 3 rings (SSSR count). The molecule has 0 amide bonds. The van der Waals surface area contributed by atoms with Crippen molar-refractivity contribution < 1.29 is 5.11 Å². The van der Waals surface area contributed by atoms with Crippen molar-refractivity contribution >= 4 is 26.7 Å². The number of nitrogens with zero attached hydrogens (tertiary/aromatic N) is 1. The highest BCUT2D eigenvalue weighted by Gasteiger charge is 2.10. The van der Waals surface area contributed by atoms with Gasteiger partial charge < -0.3 is 15.8 Å². The third kappa shape index (κ3) is 1.56. The Bertz CT molecular complexity index is 755. The number of fused-ring (bicyclic) bond motifs is 1. The summed E-state index contributed by atoms with van der Waals surface area (Å²) in [4.78, 5) is 20.0. The number of nitrogens with two attached hydrogens (primary N) is 1. The number of anilines is 1. The number of H-pyrrole nitrogens is 2. The van der Waals surface area contributed by atoms with Crippen LogP contribution in [-0.2, 0) is 0 Å². The molecule has 0 aliphatic heterocycles. The van der Waals surface area contributed by atoms with Crippen LogP contribution in [0.4, 0.5) is 5.13 Å². The van der Waals surface area contributed by atoms with Crippen LogP contribution in [0.5, 0.6) is 5.88 Å². The Labute approximate surface area is 98.8 Å². The maximum atomic E-state index is 11.1. The van der Waals surface area contributed by atoms with E-state index in [1.54, 1.807) is 12.1 Å². The van der Waals surface area contributed by atoms with Crippen molar-refractivity contribution in [2.45, 2.75) is 0 Å². The number of aromatic hydroxyl groups is 1. The molecule has 0 bridgehead atoms. The van der Waals surface area contributed by atoms with Gasteiger partial charge in [0.1, 0.15) is 5.69 Å². The van der Waals surface area contributed by atoms with Gasteiger partial charge in [0.05, 0.1) is 10.2 Å². The molecule has 0 saturated carbocycles. The summed E-state index contributed by atoms with van der Waals surface area (Å²) < 4.78 is 0.904. The zero-order chi connectivity index (χ0) is 12.0. The minimum Gasteiger partial charge on any atom is -0.493 e. The fraction of sp³-hybridized carbons (Fsp3) is 0. The van der Waals surface area contributed by atoms with Crippen molar-refractivity contribution in [1.82, 2.24) is 15.0 Å². The highest BCUT2D eigenvalue weighted by Crippen LogP contribution is 2.30. The first kappa shape index (κ1) is 9.91. The minimum absolute atomic E-state index is 0.174. The van der Waals surface area contributed by atoms with Crippen LogP contribution in [0.15, 0.2) is 23.0 Å². The lowest BCUT2D eigenvalue weighted by Gasteiger charge is -1.97. The average molecular weight is 248 g/mol. The highest BCUT2D eigenvalue weighted by molar-refractivity contribution is 7.22. The van der Waals surface area contributed by atoms with E-state index in [4.69, 9.17) is 5.73 Å². The Morgan fingerprint density at radius 1 is 1.35 bits per heavy atom. The number of aromatic amines is 2. The largest absolute Gasteiger partial charge is 0.493 e. The molecule has 86 valence electrons. The molecule has 6 nitrogen and oxygen atoms in total. The van der Waals surface area contributed by atoms with E-state index in [0.29, 0.717) is 16.4 Å². The molecular weight excluding hydrogens is 240 g/mol. The second kappa shape index (κ2) is 3.36. The summed E-state index contributed by atoms with van der Waals surface area (Å²) in [5, 5.41) is 10.0. The van der Waals surface area contributed by atoms with Gasteiger partial charge in [0.15, 0.2) is 5.13 Å². The zero-order valence-electron chi connectivity index (χ0n) is 8.52. The molecule has 0 fully saturated rings. The van der Waals surface area contributed by atoms with Gasteiger partial charge in [0.25, 0.3) is 0 Å². The van der Waals surface area contributed by atoms with Crippen molar-refractivity contribution in [3.63, 3.8) is 0 Å². The van der Waals surface area contributed by atoms with Crippen LogP contribution in [0, 0.1) is 0 Å². The van der Waals surface area contributed by atoms with E-state index < -0.39 is 5.69 Å². The molecule has 0 aliphatic carbocycles. The Kier molecular flexibility index (Phi) is 1.96. The fourth-order valence-corrected chi connectivity index (χ4v) is 2.45. The number of benzene rings is 1. The van der Waals surface area contributed by atoms with Gasteiger partial charge in [-0.25, -0.2) is 9.78 Å². The normalized spacial score (nSPS) is 11.1. The number of nitrogen functional groups attached to an aromatic ring is 1. The summed E-state index contributed by atoms with van der Waals surface area (Å²) >= 11 is 1.36. The van der Waals surface area contributed by atoms with Crippen LogP contribution in [0.2, 0.25) is 0 Å². The van der Waals surface area contributed by atoms with Gasteiger partial charge in [-0.2, -0.15) is 0 Å². The molecule has 2 aromatic heterocycles. The monoisotopic (exact) mass is 248 g/mol. The van der Waals surface area contributed by atoms with Crippen molar-refractivity contribution in [2.75, 3.05) is 5.73 Å². The van der Waals surface area contributed by atoms with Crippen LogP contribution >= 0.6 is 11.3 Å². The molecule has 2 heterocycles. The van der Waals surface area contributed by atoms with E-state index in [1.807, 2.05) is 6.07 Å². The van der Waals surface area contributed by atoms with Gasteiger partial charge in [0, 0.05) is 5.56 Å². The summed E-state index contributed by atoms with van der Waals surface area (Å²) in [5.41, 5.74) is 7.03. The number of imidazole rings is 1.